The van der Waals surface area contributed by atoms with Crippen molar-refractivity contribution in [3.63, 3.8) is 0 Å². The van der Waals surface area contributed by atoms with Crippen LogP contribution in [0.4, 0.5) is 5.69 Å². The van der Waals surface area contributed by atoms with E-state index in [4.69, 9.17) is 5.73 Å². The van der Waals surface area contributed by atoms with E-state index in [0.717, 1.165) is 0 Å². The Hall–Kier alpha value is -2.41. The van der Waals surface area contributed by atoms with Crippen LogP contribution in [0.5, 0.6) is 0 Å². The molecule has 7 heteroatoms. The topological polar surface area (TPSA) is 112 Å². The molecule has 0 radical (unpaired) electrons. The number of rotatable bonds is 2. The Morgan fingerprint density at radius 1 is 1.20 bits per heavy atom. The molecule has 1 aliphatic heterocycles. The molecule has 1 atom stereocenters. The van der Waals surface area contributed by atoms with Crippen LogP contribution in [0.1, 0.15) is 6.42 Å². The molecule has 20 heavy (non-hydrogen) atoms. The van der Waals surface area contributed by atoms with Gasteiger partial charge in [-0.3, -0.25) is 24.6 Å². The zero-order valence-electron chi connectivity index (χ0n) is 10.7. The van der Waals surface area contributed by atoms with Crippen LogP contribution in [-0.4, -0.2) is 29.2 Å². The Bertz CT molecular complexity index is 792. The molecule has 1 aromatic heterocycles. The maximum atomic E-state index is 12.1. The summed E-state index contributed by atoms with van der Waals surface area (Å²) in [6.45, 7) is 0.893. The van der Waals surface area contributed by atoms with Crippen molar-refractivity contribution >= 4 is 22.4 Å². The Balaban J connectivity index is 2.23. The lowest BCUT2D eigenvalue weighted by atomic mass is 10.1. The predicted molar refractivity (Wildman–Crippen MR) is 74.7 cm³/mol. The van der Waals surface area contributed by atoms with Crippen LogP contribution >= 0.6 is 0 Å². The van der Waals surface area contributed by atoms with Crippen molar-refractivity contribution < 1.29 is 4.79 Å². The quantitative estimate of drug-likeness (QED) is 0.687. The van der Waals surface area contributed by atoms with Crippen molar-refractivity contribution in [2.75, 3.05) is 18.0 Å². The van der Waals surface area contributed by atoms with Crippen LogP contribution in [0, 0.1) is 5.92 Å². The highest BCUT2D eigenvalue weighted by Gasteiger charge is 2.31. The molecule has 3 rings (SSSR count). The molecule has 0 bridgehead atoms. The zero-order valence-corrected chi connectivity index (χ0v) is 10.7. The fourth-order valence-electron chi connectivity index (χ4n) is 2.61. The number of hydrogen-bond donors (Lipinski definition) is 3. The van der Waals surface area contributed by atoms with Crippen LogP contribution in [0.2, 0.25) is 0 Å². The summed E-state index contributed by atoms with van der Waals surface area (Å²) in [5.74, 6) is 0.00599. The van der Waals surface area contributed by atoms with Gasteiger partial charge in [-0.05, 0) is 24.6 Å². The third kappa shape index (κ3) is 1.83. The number of carbonyl (C=O) groups is 1. The van der Waals surface area contributed by atoms with Crippen molar-refractivity contribution in [3.05, 3.63) is 38.9 Å². The molecule has 0 saturated carbocycles. The number of anilines is 1. The van der Waals surface area contributed by atoms with Gasteiger partial charge in [0.2, 0.25) is 5.91 Å². The van der Waals surface area contributed by atoms with Crippen LogP contribution in [0.15, 0.2) is 27.8 Å². The molecule has 104 valence electrons. The normalized spacial score (nSPS) is 18.9. The first kappa shape index (κ1) is 12.6. The van der Waals surface area contributed by atoms with E-state index in [1.807, 2.05) is 0 Å². The van der Waals surface area contributed by atoms with Crippen LogP contribution in [0.3, 0.4) is 0 Å². The van der Waals surface area contributed by atoms with Gasteiger partial charge >= 0.3 is 0 Å². The van der Waals surface area contributed by atoms with Gasteiger partial charge in [-0.15, -0.1) is 0 Å². The van der Waals surface area contributed by atoms with Gasteiger partial charge in [0.05, 0.1) is 16.5 Å². The highest BCUT2D eigenvalue weighted by atomic mass is 16.2. The molecule has 1 fully saturated rings. The molecule has 1 saturated heterocycles. The molecule has 0 spiro atoms. The number of carbonyl (C=O) groups excluding carboxylic acids is 1. The van der Waals surface area contributed by atoms with Gasteiger partial charge in [-0.2, -0.15) is 0 Å². The largest absolute Gasteiger partial charge is 0.330 e. The summed E-state index contributed by atoms with van der Waals surface area (Å²) in [6.07, 6.45) is 0.369. The third-order valence-corrected chi connectivity index (χ3v) is 3.63. The maximum Gasteiger partial charge on any atom is 0.272 e. The number of hydrogen-bond acceptors (Lipinski definition) is 4. The van der Waals surface area contributed by atoms with Crippen LogP contribution < -0.4 is 21.8 Å². The first-order valence-corrected chi connectivity index (χ1v) is 6.36. The van der Waals surface area contributed by atoms with Crippen molar-refractivity contribution in [3.8, 4) is 0 Å². The molecule has 1 amide bonds. The molecule has 1 aliphatic rings. The van der Waals surface area contributed by atoms with E-state index in [-0.39, 0.29) is 28.2 Å². The summed E-state index contributed by atoms with van der Waals surface area (Å²) < 4.78 is 0. The van der Waals surface area contributed by atoms with E-state index in [9.17, 15) is 14.4 Å². The highest BCUT2D eigenvalue weighted by molar-refractivity contribution is 6.04. The predicted octanol–water partition coefficient (Wildman–Crippen LogP) is -0.472. The SMILES string of the molecule is NCC1CC(=O)N(c2cccc3c(=O)[nH][nH]c(=O)c23)C1. The second-order valence-electron chi connectivity index (χ2n) is 4.92. The van der Waals surface area contributed by atoms with Gasteiger partial charge in [0.25, 0.3) is 11.1 Å². The van der Waals surface area contributed by atoms with Gasteiger partial charge in [0.15, 0.2) is 0 Å². The van der Waals surface area contributed by atoms with Crippen molar-refractivity contribution in [2.45, 2.75) is 6.42 Å². The number of benzene rings is 1. The van der Waals surface area contributed by atoms with E-state index in [1.165, 1.54) is 4.90 Å². The average molecular weight is 274 g/mol. The van der Waals surface area contributed by atoms with Crippen LogP contribution in [-0.2, 0) is 4.79 Å². The fraction of sp³-hybridized carbons (Fsp3) is 0.308. The second kappa shape index (κ2) is 4.61. The minimum Gasteiger partial charge on any atom is -0.330 e. The minimum atomic E-state index is -0.417. The zero-order chi connectivity index (χ0) is 14.3. The first-order chi connectivity index (χ1) is 9.61. The first-order valence-electron chi connectivity index (χ1n) is 6.36. The van der Waals surface area contributed by atoms with E-state index in [0.29, 0.717) is 25.2 Å². The number of nitrogens with two attached hydrogens (primary N) is 1. The number of aromatic amines is 2. The molecule has 2 heterocycles. The summed E-state index contributed by atoms with van der Waals surface area (Å²) >= 11 is 0. The Kier molecular flexibility index (Phi) is 2.90. The van der Waals surface area contributed by atoms with E-state index < -0.39 is 5.56 Å². The Morgan fingerprint density at radius 3 is 2.65 bits per heavy atom. The highest BCUT2D eigenvalue weighted by Crippen LogP contribution is 2.28. The smallest absolute Gasteiger partial charge is 0.272 e. The van der Waals surface area contributed by atoms with Gasteiger partial charge in [0.1, 0.15) is 0 Å². The van der Waals surface area contributed by atoms with E-state index >= 15 is 0 Å². The number of nitrogens with zero attached hydrogens (tertiary/aromatic N) is 1. The monoisotopic (exact) mass is 274 g/mol. The molecule has 2 aromatic rings. The summed E-state index contributed by atoms with van der Waals surface area (Å²) in [5.41, 5.74) is 5.27. The molecule has 7 nitrogen and oxygen atoms in total. The van der Waals surface area contributed by atoms with Crippen LogP contribution in [0.25, 0.3) is 10.8 Å². The van der Waals surface area contributed by atoms with Crippen molar-refractivity contribution in [2.24, 2.45) is 11.7 Å². The average Bonchev–Trinajstić information content (AvgIpc) is 2.83. The number of nitrogens with one attached hydrogen (secondary N) is 2. The molecule has 1 unspecified atom stereocenters. The molecular formula is C13H14N4O3. The lowest BCUT2D eigenvalue weighted by molar-refractivity contribution is -0.117. The standard InChI is InChI=1S/C13H14N4O3/c14-5-7-4-10(18)17(6-7)9-3-1-2-8-11(9)13(20)16-15-12(8)19/h1-3,7H,4-6,14H2,(H,15,19)(H,16,20). The molecule has 1 aromatic carbocycles. The molecular weight excluding hydrogens is 260 g/mol. The van der Waals surface area contributed by atoms with Gasteiger partial charge in [-0.25, -0.2) is 0 Å². The minimum absolute atomic E-state index is 0.0763. The Morgan fingerprint density at radius 2 is 1.95 bits per heavy atom. The third-order valence-electron chi connectivity index (χ3n) is 3.63. The summed E-state index contributed by atoms with van der Waals surface area (Å²) in [5, 5.41) is 5.08. The lowest BCUT2D eigenvalue weighted by Crippen LogP contribution is -2.28. The van der Waals surface area contributed by atoms with E-state index in [2.05, 4.69) is 10.2 Å². The summed E-state index contributed by atoms with van der Waals surface area (Å²) in [6, 6.07) is 4.90. The maximum absolute atomic E-state index is 12.1. The Labute approximate surface area is 113 Å². The summed E-state index contributed by atoms with van der Waals surface area (Å²) in [4.78, 5) is 37.3. The van der Waals surface area contributed by atoms with E-state index in [1.54, 1.807) is 18.2 Å². The molecule has 0 aliphatic carbocycles. The van der Waals surface area contributed by atoms with Crippen molar-refractivity contribution in [1.29, 1.82) is 0 Å². The van der Waals surface area contributed by atoms with Gasteiger partial charge < -0.3 is 10.6 Å². The molecule has 4 N–H and O–H groups in total. The lowest BCUT2D eigenvalue weighted by Gasteiger charge is -2.18. The summed E-state index contributed by atoms with van der Waals surface area (Å²) in [7, 11) is 0. The van der Waals surface area contributed by atoms with Gasteiger partial charge in [-0.1, -0.05) is 6.07 Å². The van der Waals surface area contributed by atoms with Gasteiger partial charge in [0, 0.05) is 13.0 Å². The number of H-pyrrole nitrogens is 2. The van der Waals surface area contributed by atoms with Crippen molar-refractivity contribution in [1.82, 2.24) is 10.2 Å². The number of fused-ring (bicyclic) bond motifs is 1. The fourth-order valence-corrected chi connectivity index (χ4v) is 2.61. The number of aromatic nitrogens is 2. The number of amides is 1. The second-order valence-corrected chi connectivity index (χ2v) is 4.92.